The molecule has 2 aromatic heterocycles. The van der Waals surface area contributed by atoms with Gasteiger partial charge in [0.1, 0.15) is 6.61 Å². The van der Waals surface area contributed by atoms with Gasteiger partial charge in [-0.15, -0.1) is 0 Å². The molecule has 2 aliphatic heterocycles. The Bertz CT molecular complexity index is 1210. The highest BCUT2D eigenvalue weighted by Gasteiger charge is 2.47. The Labute approximate surface area is 154 Å². The van der Waals surface area contributed by atoms with Crippen LogP contribution in [0.4, 0.5) is 5.69 Å². The van der Waals surface area contributed by atoms with E-state index in [0.29, 0.717) is 17.9 Å². The van der Waals surface area contributed by atoms with Gasteiger partial charge in [0.2, 0.25) is 0 Å². The zero-order valence-electron chi connectivity index (χ0n) is 14.7. The Kier molecular flexibility index (Phi) is 3.07. The number of hydrogen-bond donors (Lipinski definition) is 2. The number of fused-ring (bicyclic) bond motifs is 5. The predicted octanol–water partition coefficient (Wildman–Crippen LogP) is 1.66. The normalized spacial score (nSPS) is 20.1. The van der Waals surface area contributed by atoms with Crippen molar-refractivity contribution in [1.82, 2.24) is 9.55 Å². The first kappa shape index (κ1) is 16.0. The second-order valence-corrected chi connectivity index (χ2v) is 6.99. The van der Waals surface area contributed by atoms with E-state index in [9.17, 15) is 14.7 Å². The van der Waals surface area contributed by atoms with Crippen molar-refractivity contribution in [2.24, 2.45) is 0 Å². The molecule has 7 nitrogen and oxygen atoms in total. The maximum atomic E-state index is 13.1. The quantitative estimate of drug-likeness (QED) is 0.498. The third-order valence-corrected chi connectivity index (χ3v) is 5.57. The lowest BCUT2D eigenvalue weighted by Crippen LogP contribution is -2.45. The third-order valence-electron chi connectivity index (χ3n) is 5.57. The molecule has 0 radical (unpaired) electrons. The molecular formula is C20H17N3O4. The number of benzene rings is 1. The van der Waals surface area contributed by atoms with Crippen LogP contribution >= 0.6 is 0 Å². The average Bonchev–Trinajstić information content (AvgIpc) is 3.05. The van der Waals surface area contributed by atoms with Crippen molar-refractivity contribution in [2.75, 3.05) is 5.73 Å². The van der Waals surface area contributed by atoms with E-state index in [1.54, 1.807) is 11.5 Å². The van der Waals surface area contributed by atoms with Crippen molar-refractivity contribution in [3.05, 3.63) is 57.4 Å². The minimum absolute atomic E-state index is 0.0595. The van der Waals surface area contributed by atoms with Crippen LogP contribution < -0.4 is 11.3 Å². The summed E-state index contributed by atoms with van der Waals surface area (Å²) >= 11 is 0. The summed E-state index contributed by atoms with van der Waals surface area (Å²) in [6.07, 6.45) is 0.0595. The van der Waals surface area contributed by atoms with E-state index in [1.165, 1.54) is 0 Å². The van der Waals surface area contributed by atoms with Crippen LogP contribution in [0.1, 0.15) is 30.0 Å². The van der Waals surface area contributed by atoms with E-state index in [0.717, 1.165) is 16.5 Å². The number of cyclic esters (lactones) is 1. The molecule has 0 bridgehead atoms. The summed E-state index contributed by atoms with van der Waals surface area (Å²) in [7, 11) is 0. The average molecular weight is 363 g/mol. The number of aliphatic hydroxyl groups is 1. The number of carbonyl (C=O) groups is 1. The maximum absolute atomic E-state index is 13.1. The van der Waals surface area contributed by atoms with Crippen LogP contribution in [-0.4, -0.2) is 20.6 Å². The number of nitrogen functional groups attached to an aromatic ring is 1. The van der Waals surface area contributed by atoms with Crippen molar-refractivity contribution in [1.29, 1.82) is 0 Å². The van der Waals surface area contributed by atoms with Crippen LogP contribution in [0.5, 0.6) is 0 Å². The van der Waals surface area contributed by atoms with E-state index in [2.05, 4.69) is 0 Å². The van der Waals surface area contributed by atoms with E-state index in [1.807, 2.05) is 30.3 Å². The van der Waals surface area contributed by atoms with Gasteiger partial charge in [-0.05, 0) is 18.6 Å². The van der Waals surface area contributed by atoms with Crippen LogP contribution in [0.15, 0.2) is 35.1 Å². The van der Waals surface area contributed by atoms with Crippen LogP contribution in [0.2, 0.25) is 0 Å². The minimum atomic E-state index is -1.92. The zero-order valence-corrected chi connectivity index (χ0v) is 14.7. The van der Waals surface area contributed by atoms with Gasteiger partial charge in [0.05, 0.1) is 34.7 Å². The van der Waals surface area contributed by atoms with Crippen molar-refractivity contribution in [3.8, 4) is 11.4 Å². The fourth-order valence-corrected chi connectivity index (χ4v) is 4.15. The molecule has 27 heavy (non-hydrogen) atoms. The molecule has 0 aliphatic carbocycles. The molecule has 4 heterocycles. The lowest BCUT2D eigenvalue weighted by atomic mass is 9.84. The Morgan fingerprint density at radius 1 is 1.33 bits per heavy atom. The predicted molar refractivity (Wildman–Crippen MR) is 98.9 cm³/mol. The minimum Gasteiger partial charge on any atom is -0.458 e. The molecule has 0 unspecified atom stereocenters. The Morgan fingerprint density at radius 3 is 2.89 bits per heavy atom. The largest absolute Gasteiger partial charge is 0.458 e. The molecule has 1 aromatic carbocycles. The molecule has 136 valence electrons. The van der Waals surface area contributed by atoms with Crippen molar-refractivity contribution in [3.63, 3.8) is 0 Å². The van der Waals surface area contributed by atoms with E-state index < -0.39 is 11.6 Å². The van der Waals surface area contributed by atoms with Gasteiger partial charge in [-0.3, -0.25) is 4.79 Å². The topological polar surface area (TPSA) is 107 Å². The highest BCUT2D eigenvalue weighted by molar-refractivity contribution is 5.91. The SMILES string of the molecule is CC[C@@]1(O)C(=O)OCc2c1c(N)c1n(c2=O)Cc2cc3ccccc3nc2-1. The summed E-state index contributed by atoms with van der Waals surface area (Å²) in [5.41, 5.74) is 7.56. The number of nitrogens with zero attached hydrogens (tertiary/aromatic N) is 2. The van der Waals surface area contributed by atoms with Gasteiger partial charge in [-0.2, -0.15) is 0 Å². The smallest absolute Gasteiger partial charge is 0.343 e. The first-order valence-corrected chi connectivity index (χ1v) is 8.80. The summed E-state index contributed by atoms with van der Waals surface area (Å²) < 4.78 is 6.63. The number of ether oxygens (including phenoxy) is 1. The van der Waals surface area contributed by atoms with Gasteiger partial charge in [0, 0.05) is 16.5 Å². The van der Waals surface area contributed by atoms with E-state index in [4.69, 9.17) is 15.5 Å². The van der Waals surface area contributed by atoms with Gasteiger partial charge >= 0.3 is 5.97 Å². The van der Waals surface area contributed by atoms with Gasteiger partial charge in [0.25, 0.3) is 5.56 Å². The van der Waals surface area contributed by atoms with Crippen molar-refractivity contribution >= 4 is 22.6 Å². The molecule has 2 aliphatic rings. The van der Waals surface area contributed by atoms with Crippen LogP contribution in [-0.2, 0) is 28.3 Å². The number of rotatable bonds is 1. The van der Waals surface area contributed by atoms with Gasteiger partial charge in [0.15, 0.2) is 5.60 Å². The number of aromatic nitrogens is 2. The monoisotopic (exact) mass is 363 g/mol. The number of pyridine rings is 2. The summed E-state index contributed by atoms with van der Waals surface area (Å²) in [6.45, 7) is 1.81. The number of anilines is 1. The summed E-state index contributed by atoms with van der Waals surface area (Å²) in [5, 5.41) is 11.9. The second kappa shape index (κ2) is 5.17. The number of nitrogens with two attached hydrogens (primary N) is 1. The fraction of sp³-hybridized carbons (Fsp3) is 0.250. The van der Waals surface area contributed by atoms with E-state index in [-0.39, 0.29) is 35.4 Å². The van der Waals surface area contributed by atoms with Crippen LogP contribution in [0.3, 0.4) is 0 Å². The summed E-state index contributed by atoms with van der Waals surface area (Å²) in [4.78, 5) is 30.1. The first-order valence-electron chi connectivity index (χ1n) is 8.80. The standard InChI is InChI=1S/C20H17N3O4/c1-2-20(26)14-12(9-27-19(20)25)18(24)23-8-11-7-10-5-3-4-6-13(10)22-16(11)17(23)15(14)21/h3-7,26H,2,8-9,21H2,1H3/t20-/m0/s1. The van der Waals surface area contributed by atoms with Crippen molar-refractivity contribution in [2.45, 2.75) is 32.1 Å². The number of para-hydroxylation sites is 1. The zero-order chi connectivity index (χ0) is 18.9. The maximum Gasteiger partial charge on any atom is 0.343 e. The van der Waals surface area contributed by atoms with Crippen molar-refractivity contribution < 1.29 is 14.6 Å². The number of hydrogen-bond acceptors (Lipinski definition) is 6. The third kappa shape index (κ3) is 1.92. The molecule has 5 rings (SSSR count). The Morgan fingerprint density at radius 2 is 2.11 bits per heavy atom. The van der Waals surface area contributed by atoms with Gasteiger partial charge in [-0.1, -0.05) is 25.1 Å². The lowest BCUT2D eigenvalue weighted by molar-refractivity contribution is -0.172. The number of carbonyl (C=O) groups excluding carboxylic acids is 1. The lowest BCUT2D eigenvalue weighted by Gasteiger charge is -2.33. The highest BCUT2D eigenvalue weighted by atomic mass is 16.6. The van der Waals surface area contributed by atoms with Crippen LogP contribution in [0.25, 0.3) is 22.3 Å². The van der Waals surface area contributed by atoms with E-state index >= 15 is 0 Å². The van der Waals surface area contributed by atoms with Crippen LogP contribution in [0, 0.1) is 0 Å². The number of esters is 1. The fourth-order valence-electron chi connectivity index (χ4n) is 4.15. The Hall–Kier alpha value is -3.19. The van der Waals surface area contributed by atoms with Gasteiger partial charge in [-0.25, -0.2) is 9.78 Å². The summed E-state index contributed by atoms with van der Waals surface area (Å²) in [5.74, 6) is -0.779. The summed E-state index contributed by atoms with van der Waals surface area (Å²) in [6, 6.07) is 9.68. The molecule has 7 heteroatoms. The molecule has 3 N–H and O–H groups in total. The molecule has 0 spiro atoms. The Balaban J connectivity index is 1.87. The second-order valence-electron chi connectivity index (χ2n) is 6.99. The molecule has 0 fully saturated rings. The molecular weight excluding hydrogens is 346 g/mol. The molecule has 0 saturated heterocycles. The molecule has 0 saturated carbocycles. The molecule has 0 amide bonds. The van der Waals surface area contributed by atoms with Gasteiger partial charge < -0.3 is 20.1 Å². The molecule has 3 aromatic rings. The molecule has 1 atom stereocenters. The highest BCUT2D eigenvalue weighted by Crippen LogP contribution is 2.43. The first-order chi connectivity index (χ1) is 13.0.